The number of hydrogen-bond acceptors (Lipinski definition) is 0. The highest BCUT2D eigenvalue weighted by atomic mass is 14.2. The van der Waals surface area contributed by atoms with Crippen molar-refractivity contribution >= 4 is 0 Å². The van der Waals surface area contributed by atoms with Crippen LogP contribution in [0.4, 0.5) is 0 Å². The maximum absolute atomic E-state index is 2.36. The third kappa shape index (κ3) is 4.74. The van der Waals surface area contributed by atoms with Gasteiger partial charge in [0.15, 0.2) is 0 Å². The number of rotatable bonds is 4. The zero-order chi connectivity index (χ0) is 15.5. The summed E-state index contributed by atoms with van der Waals surface area (Å²) in [7, 11) is 0. The standard InChI is InChI=1S/C21H28/c1-16(2)13-18-7-6-8-19(15-18)14-17-9-11-20(12-10-17)21(3,4)5/h6-12,15-16H,13-14H2,1-5H3. The van der Waals surface area contributed by atoms with Gasteiger partial charge in [0.2, 0.25) is 0 Å². The van der Waals surface area contributed by atoms with Gasteiger partial charge in [-0.25, -0.2) is 0 Å². The summed E-state index contributed by atoms with van der Waals surface area (Å²) in [6.45, 7) is 11.3. The molecule has 0 spiro atoms. The predicted molar refractivity (Wildman–Crippen MR) is 92.9 cm³/mol. The Morgan fingerprint density at radius 1 is 0.810 bits per heavy atom. The molecule has 0 nitrogen and oxygen atoms in total. The molecule has 0 heterocycles. The van der Waals surface area contributed by atoms with E-state index in [4.69, 9.17) is 0 Å². The summed E-state index contributed by atoms with van der Waals surface area (Å²) in [5.41, 5.74) is 5.89. The van der Waals surface area contributed by atoms with Crippen LogP contribution in [0.15, 0.2) is 48.5 Å². The van der Waals surface area contributed by atoms with Crippen molar-refractivity contribution in [1.82, 2.24) is 0 Å². The third-order valence-corrected chi connectivity index (χ3v) is 3.86. The average Bonchev–Trinajstić information content (AvgIpc) is 2.38. The second kappa shape index (κ2) is 6.47. The highest BCUT2D eigenvalue weighted by Gasteiger charge is 2.12. The molecule has 2 aromatic rings. The van der Waals surface area contributed by atoms with Crippen LogP contribution in [0.3, 0.4) is 0 Å². The summed E-state index contributed by atoms with van der Waals surface area (Å²) >= 11 is 0. The lowest BCUT2D eigenvalue weighted by Crippen LogP contribution is -2.10. The van der Waals surface area contributed by atoms with Crippen molar-refractivity contribution in [2.24, 2.45) is 5.92 Å². The van der Waals surface area contributed by atoms with E-state index in [9.17, 15) is 0 Å². The van der Waals surface area contributed by atoms with Crippen LogP contribution in [0, 0.1) is 5.92 Å². The van der Waals surface area contributed by atoms with Gasteiger partial charge in [0.1, 0.15) is 0 Å². The van der Waals surface area contributed by atoms with E-state index in [0.29, 0.717) is 5.92 Å². The van der Waals surface area contributed by atoms with Crippen LogP contribution in [0.1, 0.15) is 56.9 Å². The molecule has 2 rings (SSSR count). The van der Waals surface area contributed by atoms with Gasteiger partial charge in [-0.05, 0) is 46.4 Å². The van der Waals surface area contributed by atoms with E-state index >= 15 is 0 Å². The Morgan fingerprint density at radius 3 is 2.00 bits per heavy atom. The molecule has 0 radical (unpaired) electrons. The summed E-state index contributed by atoms with van der Waals surface area (Å²) < 4.78 is 0. The Hall–Kier alpha value is -1.56. The van der Waals surface area contributed by atoms with Crippen LogP contribution in [0.2, 0.25) is 0 Å². The first-order valence-corrected chi connectivity index (χ1v) is 8.02. The van der Waals surface area contributed by atoms with Gasteiger partial charge < -0.3 is 0 Å². The molecule has 21 heavy (non-hydrogen) atoms. The molecule has 0 N–H and O–H groups in total. The Kier molecular flexibility index (Phi) is 4.88. The van der Waals surface area contributed by atoms with Gasteiger partial charge in [-0.3, -0.25) is 0 Å². The Balaban J connectivity index is 2.11. The summed E-state index contributed by atoms with van der Waals surface area (Å²) in [5.74, 6) is 0.714. The fourth-order valence-electron chi connectivity index (χ4n) is 2.70. The first-order valence-electron chi connectivity index (χ1n) is 8.02. The van der Waals surface area contributed by atoms with Crippen molar-refractivity contribution in [3.05, 3.63) is 70.8 Å². The van der Waals surface area contributed by atoms with Crippen LogP contribution in [-0.2, 0) is 18.3 Å². The Bertz CT molecular complexity index is 568. The van der Waals surface area contributed by atoms with Gasteiger partial charge in [0, 0.05) is 0 Å². The predicted octanol–water partition coefficient (Wildman–Crippen LogP) is 5.77. The highest BCUT2D eigenvalue weighted by Crippen LogP contribution is 2.23. The molecule has 112 valence electrons. The fourth-order valence-corrected chi connectivity index (χ4v) is 2.70. The first kappa shape index (κ1) is 15.8. The van der Waals surface area contributed by atoms with Crippen LogP contribution in [0.25, 0.3) is 0 Å². The Labute approximate surface area is 130 Å². The van der Waals surface area contributed by atoms with E-state index in [1.165, 1.54) is 22.3 Å². The molecule has 0 fully saturated rings. The minimum atomic E-state index is 0.232. The quantitative estimate of drug-likeness (QED) is 0.666. The van der Waals surface area contributed by atoms with Crippen LogP contribution < -0.4 is 0 Å². The normalized spacial score (nSPS) is 11.9. The maximum Gasteiger partial charge on any atom is -0.00257 e. The summed E-state index contributed by atoms with van der Waals surface area (Å²) in [5, 5.41) is 0. The molecule has 0 aromatic heterocycles. The minimum absolute atomic E-state index is 0.232. The van der Waals surface area contributed by atoms with Gasteiger partial charge in [0.25, 0.3) is 0 Å². The summed E-state index contributed by atoms with van der Waals surface area (Å²) in [6.07, 6.45) is 2.19. The monoisotopic (exact) mass is 280 g/mol. The lowest BCUT2D eigenvalue weighted by molar-refractivity contribution is 0.590. The van der Waals surface area contributed by atoms with E-state index < -0.39 is 0 Å². The van der Waals surface area contributed by atoms with E-state index in [1.54, 1.807) is 0 Å². The van der Waals surface area contributed by atoms with E-state index in [-0.39, 0.29) is 5.41 Å². The van der Waals surface area contributed by atoms with Crippen LogP contribution >= 0.6 is 0 Å². The van der Waals surface area contributed by atoms with Gasteiger partial charge >= 0.3 is 0 Å². The first-order chi connectivity index (χ1) is 9.84. The van der Waals surface area contributed by atoms with Gasteiger partial charge in [-0.2, -0.15) is 0 Å². The van der Waals surface area contributed by atoms with Crippen molar-refractivity contribution < 1.29 is 0 Å². The SMILES string of the molecule is CC(C)Cc1cccc(Cc2ccc(C(C)(C)C)cc2)c1. The molecule has 0 amide bonds. The fraction of sp³-hybridized carbons (Fsp3) is 0.429. The molecule has 0 aliphatic rings. The zero-order valence-corrected chi connectivity index (χ0v) is 14.1. The molecule has 0 heteroatoms. The molecule has 0 bridgehead atoms. The van der Waals surface area contributed by atoms with E-state index in [0.717, 1.165) is 12.8 Å². The molecule has 0 saturated heterocycles. The molecule has 0 aliphatic heterocycles. The van der Waals surface area contributed by atoms with Gasteiger partial charge in [0.05, 0.1) is 0 Å². The highest BCUT2D eigenvalue weighted by molar-refractivity contribution is 5.33. The van der Waals surface area contributed by atoms with Gasteiger partial charge in [-0.1, -0.05) is 83.1 Å². The zero-order valence-electron chi connectivity index (χ0n) is 14.1. The van der Waals surface area contributed by atoms with Crippen LogP contribution in [0.5, 0.6) is 0 Å². The van der Waals surface area contributed by atoms with Crippen molar-refractivity contribution in [1.29, 1.82) is 0 Å². The summed E-state index contributed by atoms with van der Waals surface area (Å²) in [6, 6.07) is 18.1. The van der Waals surface area contributed by atoms with Gasteiger partial charge in [-0.15, -0.1) is 0 Å². The molecule has 0 saturated carbocycles. The lowest BCUT2D eigenvalue weighted by atomic mass is 9.86. The second-order valence-electron chi connectivity index (χ2n) is 7.54. The molecule has 0 aliphatic carbocycles. The van der Waals surface area contributed by atoms with Crippen molar-refractivity contribution in [2.75, 3.05) is 0 Å². The average molecular weight is 280 g/mol. The van der Waals surface area contributed by atoms with E-state index in [1.807, 2.05) is 0 Å². The molecular formula is C21H28. The summed E-state index contributed by atoms with van der Waals surface area (Å²) in [4.78, 5) is 0. The topological polar surface area (TPSA) is 0 Å². The molecule has 0 atom stereocenters. The van der Waals surface area contributed by atoms with Crippen molar-refractivity contribution in [3.63, 3.8) is 0 Å². The van der Waals surface area contributed by atoms with Crippen molar-refractivity contribution in [3.8, 4) is 0 Å². The smallest absolute Gasteiger partial charge is 0.00257 e. The molecule has 2 aromatic carbocycles. The van der Waals surface area contributed by atoms with Crippen LogP contribution in [-0.4, -0.2) is 0 Å². The lowest BCUT2D eigenvalue weighted by Gasteiger charge is -2.19. The van der Waals surface area contributed by atoms with Crippen molar-refractivity contribution in [2.45, 2.75) is 52.9 Å². The molecule has 0 unspecified atom stereocenters. The molecular weight excluding hydrogens is 252 g/mol. The largest absolute Gasteiger partial charge is 0.0625 e. The second-order valence-corrected chi connectivity index (χ2v) is 7.54. The van der Waals surface area contributed by atoms with E-state index in [2.05, 4.69) is 83.1 Å². The number of benzene rings is 2. The maximum atomic E-state index is 2.36. The third-order valence-electron chi connectivity index (χ3n) is 3.86. The minimum Gasteiger partial charge on any atom is -0.0625 e. The Morgan fingerprint density at radius 2 is 1.43 bits per heavy atom. The number of hydrogen-bond donors (Lipinski definition) is 0.